The van der Waals surface area contributed by atoms with E-state index in [1.165, 1.54) is 12.5 Å². The van der Waals surface area contributed by atoms with Crippen LogP contribution >= 0.6 is 0 Å². The number of rotatable bonds is 5. The third-order valence-electron chi connectivity index (χ3n) is 5.07. The van der Waals surface area contributed by atoms with Crippen LogP contribution in [-0.4, -0.2) is 39.9 Å². The van der Waals surface area contributed by atoms with Crippen molar-refractivity contribution in [3.63, 3.8) is 0 Å². The highest BCUT2D eigenvalue weighted by Gasteiger charge is 2.28. The molecular weight excluding hydrogens is 372 g/mol. The topological polar surface area (TPSA) is 101 Å². The number of furan rings is 1. The minimum atomic E-state index is -0.0484. The Bertz CT molecular complexity index is 988. The number of amides is 2. The Morgan fingerprint density at radius 2 is 2.07 bits per heavy atom. The summed E-state index contributed by atoms with van der Waals surface area (Å²) in [6.07, 6.45) is 4.91. The lowest BCUT2D eigenvalue weighted by Gasteiger charge is -2.30. The molecule has 1 N–H and O–H groups in total. The average molecular weight is 394 g/mol. The molecule has 0 bridgehead atoms. The van der Waals surface area contributed by atoms with Crippen LogP contribution in [0.4, 0.5) is 5.69 Å². The number of carbonyl (C=O) groups is 2. The normalized spacial score (nSPS) is 14.7. The Morgan fingerprint density at radius 1 is 1.24 bits per heavy atom. The number of aromatic nitrogens is 2. The van der Waals surface area contributed by atoms with Crippen LogP contribution in [0, 0.1) is 0 Å². The summed E-state index contributed by atoms with van der Waals surface area (Å²) in [5, 5.41) is 6.93. The largest absolute Gasteiger partial charge is 0.472 e. The van der Waals surface area contributed by atoms with Gasteiger partial charge in [-0.3, -0.25) is 9.59 Å². The molecule has 2 aromatic heterocycles. The van der Waals surface area contributed by atoms with Crippen molar-refractivity contribution in [3.05, 3.63) is 54.3 Å². The minimum Gasteiger partial charge on any atom is -0.472 e. The number of piperidine rings is 1. The van der Waals surface area contributed by atoms with Gasteiger partial charge in [-0.15, -0.1) is 0 Å². The molecule has 4 rings (SSSR count). The highest BCUT2D eigenvalue weighted by Crippen LogP contribution is 2.29. The summed E-state index contributed by atoms with van der Waals surface area (Å²) < 4.78 is 10.5. The quantitative estimate of drug-likeness (QED) is 0.708. The van der Waals surface area contributed by atoms with Gasteiger partial charge < -0.3 is 19.2 Å². The van der Waals surface area contributed by atoms with Gasteiger partial charge in [0.15, 0.2) is 0 Å². The molecule has 8 nitrogen and oxygen atoms in total. The highest BCUT2D eigenvalue weighted by atomic mass is 16.5. The molecule has 3 heterocycles. The maximum absolute atomic E-state index is 12.4. The molecular formula is C21H22N4O4. The summed E-state index contributed by atoms with van der Waals surface area (Å²) in [6, 6.07) is 9.05. The van der Waals surface area contributed by atoms with Crippen LogP contribution in [-0.2, 0) is 4.79 Å². The summed E-state index contributed by atoms with van der Waals surface area (Å²) in [4.78, 5) is 30.4. The Labute approximate surface area is 167 Å². The SMILES string of the molecule is CCC(=O)Nc1cccc(-c2noc(C3CCN(C(=O)c4ccoc4)CC3)n2)c1. The number of nitrogens with one attached hydrogen (secondary N) is 1. The molecule has 0 atom stereocenters. The standard InChI is InChI=1S/C21H22N4O4/c1-2-18(26)22-17-5-3-4-15(12-17)19-23-20(29-24-19)14-6-9-25(10-7-14)21(27)16-8-11-28-13-16/h3-5,8,11-14H,2,6-7,9-10H2,1H3,(H,22,26). The fourth-order valence-corrected chi connectivity index (χ4v) is 3.40. The van der Waals surface area contributed by atoms with E-state index in [0.717, 1.165) is 18.4 Å². The molecule has 0 aliphatic carbocycles. The maximum atomic E-state index is 12.4. The summed E-state index contributed by atoms with van der Waals surface area (Å²) in [5.74, 6) is 1.12. The fourth-order valence-electron chi connectivity index (χ4n) is 3.40. The summed E-state index contributed by atoms with van der Waals surface area (Å²) in [7, 11) is 0. The Balaban J connectivity index is 1.40. The number of anilines is 1. The Hall–Kier alpha value is -3.42. The molecule has 1 aliphatic heterocycles. The maximum Gasteiger partial charge on any atom is 0.257 e. The van der Waals surface area contributed by atoms with Gasteiger partial charge in [-0.25, -0.2) is 0 Å². The molecule has 1 aromatic carbocycles. The van der Waals surface area contributed by atoms with E-state index >= 15 is 0 Å². The molecule has 2 amide bonds. The number of benzene rings is 1. The summed E-state index contributed by atoms with van der Waals surface area (Å²) in [6.45, 7) is 3.06. The monoisotopic (exact) mass is 394 g/mol. The highest BCUT2D eigenvalue weighted by molar-refractivity contribution is 5.94. The van der Waals surface area contributed by atoms with Gasteiger partial charge in [-0.05, 0) is 31.0 Å². The molecule has 0 spiro atoms. The van der Waals surface area contributed by atoms with E-state index in [0.29, 0.717) is 42.5 Å². The van der Waals surface area contributed by atoms with E-state index in [1.807, 2.05) is 29.2 Å². The molecule has 29 heavy (non-hydrogen) atoms. The molecule has 8 heteroatoms. The predicted octanol–water partition coefficient (Wildman–Crippen LogP) is 3.70. The van der Waals surface area contributed by atoms with Crippen LogP contribution in [0.3, 0.4) is 0 Å². The van der Waals surface area contributed by atoms with Crippen molar-refractivity contribution >= 4 is 17.5 Å². The van der Waals surface area contributed by atoms with E-state index in [9.17, 15) is 9.59 Å². The first-order chi connectivity index (χ1) is 14.1. The van der Waals surface area contributed by atoms with Crippen LogP contribution in [0.25, 0.3) is 11.4 Å². The molecule has 150 valence electrons. The van der Waals surface area contributed by atoms with Crippen molar-refractivity contribution in [1.82, 2.24) is 15.0 Å². The average Bonchev–Trinajstić information content (AvgIpc) is 3.46. The lowest BCUT2D eigenvalue weighted by atomic mass is 9.96. The number of likely N-dealkylation sites (tertiary alicyclic amines) is 1. The number of carbonyl (C=O) groups excluding carboxylic acids is 2. The second kappa shape index (κ2) is 8.30. The van der Waals surface area contributed by atoms with Gasteiger partial charge in [-0.2, -0.15) is 4.98 Å². The van der Waals surface area contributed by atoms with Crippen molar-refractivity contribution in [3.8, 4) is 11.4 Å². The van der Waals surface area contributed by atoms with Gasteiger partial charge in [0.25, 0.3) is 5.91 Å². The van der Waals surface area contributed by atoms with Crippen molar-refractivity contribution in [2.45, 2.75) is 32.1 Å². The third kappa shape index (κ3) is 4.21. The van der Waals surface area contributed by atoms with Crippen LogP contribution < -0.4 is 5.32 Å². The van der Waals surface area contributed by atoms with E-state index < -0.39 is 0 Å². The molecule has 0 unspecified atom stereocenters. The number of nitrogens with zero attached hydrogens (tertiary/aromatic N) is 3. The minimum absolute atomic E-state index is 0.0191. The number of hydrogen-bond donors (Lipinski definition) is 1. The van der Waals surface area contributed by atoms with Crippen LogP contribution in [0.5, 0.6) is 0 Å². The van der Waals surface area contributed by atoms with Crippen LogP contribution in [0.1, 0.15) is 48.4 Å². The Morgan fingerprint density at radius 3 is 2.79 bits per heavy atom. The second-order valence-electron chi connectivity index (χ2n) is 7.02. The van der Waals surface area contributed by atoms with Crippen LogP contribution in [0.2, 0.25) is 0 Å². The van der Waals surface area contributed by atoms with Crippen molar-refractivity contribution in [2.75, 3.05) is 18.4 Å². The third-order valence-corrected chi connectivity index (χ3v) is 5.07. The molecule has 3 aromatic rings. The first-order valence-corrected chi connectivity index (χ1v) is 9.69. The zero-order valence-electron chi connectivity index (χ0n) is 16.1. The zero-order chi connectivity index (χ0) is 20.2. The fraction of sp³-hybridized carbons (Fsp3) is 0.333. The van der Waals surface area contributed by atoms with E-state index in [1.54, 1.807) is 13.0 Å². The summed E-state index contributed by atoms with van der Waals surface area (Å²) in [5.41, 5.74) is 2.05. The number of hydrogen-bond acceptors (Lipinski definition) is 6. The van der Waals surface area contributed by atoms with Gasteiger partial charge >= 0.3 is 0 Å². The molecule has 1 saturated heterocycles. The molecule has 0 radical (unpaired) electrons. The van der Waals surface area contributed by atoms with Gasteiger partial charge in [0.05, 0.1) is 11.8 Å². The van der Waals surface area contributed by atoms with Gasteiger partial charge in [-0.1, -0.05) is 24.2 Å². The first kappa shape index (κ1) is 18.9. The lowest BCUT2D eigenvalue weighted by Crippen LogP contribution is -2.37. The van der Waals surface area contributed by atoms with Crippen molar-refractivity contribution in [1.29, 1.82) is 0 Å². The summed E-state index contributed by atoms with van der Waals surface area (Å²) >= 11 is 0. The molecule has 1 aliphatic rings. The van der Waals surface area contributed by atoms with E-state index in [4.69, 9.17) is 8.94 Å². The smallest absolute Gasteiger partial charge is 0.257 e. The van der Waals surface area contributed by atoms with Crippen LogP contribution in [0.15, 0.2) is 51.8 Å². The van der Waals surface area contributed by atoms with E-state index in [2.05, 4.69) is 15.5 Å². The Kier molecular flexibility index (Phi) is 5.41. The van der Waals surface area contributed by atoms with Gasteiger partial charge in [0.1, 0.15) is 6.26 Å². The first-order valence-electron chi connectivity index (χ1n) is 9.69. The molecule has 1 fully saturated rings. The van der Waals surface area contributed by atoms with Gasteiger partial charge in [0.2, 0.25) is 17.6 Å². The van der Waals surface area contributed by atoms with Crippen molar-refractivity contribution < 1.29 is 18.5 Å². The van der Waals surface area contributed by atoms with E-state index in [-0.39, 0.29) is 17.7 Å². The second-order valence-corrected chi connectivity index (χ2v) is 7.02. The van der Waals surface area contributed by atoms with Crippen molar-refractivity contribution in [2.24, 2.45) is 0 Å². The predicted molar refractivity (Wildman–Crippen MR) is 105 cm³/mol. The van der Waals surface area contributed by atoms with Gasteiger partial charge in [0, 0.05) is 36.7 Å². The lowest BCUT2D eigenvalue weighted by molar-refractivity contribution is -0.115. The zero-order valence-corrected chi connectivity index (χ0v) is 16.1. The molecule has 0 saturated carbocycles.